The Morgan fingerprint density at radius 2 is 1.42 bits per heavy atom. The van der Waals surface area contributed by atoms with E-state index in [0.29, 0.717) is 12.1 Å². The summed E-state index contributed by atoms with van der Waals surface area (Å²) in [6.07, 6.45) is 11.7. The van der Waals surface area contributed by atoms with Crippen LogP contribution in [0.25, 0.3) is 0 Å². The van der Waals surface area contributed by atoms with Gasteiger partial charge in [0, 0.05) is 12.1 Å². The number of hydrogen-bond acceptors (Lipinski definition) is 3. The predicted molar refractivity (Wildman–Crippen MR) is 74.0 cm³/mol. The molecular weight excluding hydrogens is 242 g/mol. The topological polar surface area (TPSA) is 49.8 Å². The number of carbonyl (C=O) groups excluding carboxylic acids is 1. The van der Waals surface area contributed by atoms with Crippen LogP contribution in [0.2, 0.25) is 0 Å². The minimum absolute atomic E-state index is 0.0884. The summed E-state index contributed by atoms with van der Waals surface area (Å²) in [7, 11) is 0. The molecule has 19 heavy (non-hydrogen) atoms. The van der Waals surface area contributed by atoms with Gasteiger partial charge in [-0.05, 0) is 25.7 Å². The zero-order valence-corrected chi connectivity index (χ0v) is 11.9. The number of aliphatic hydroxyl groups excluding tert-OH is 1. The SMILES string of the molecule is O=C(OCCO)N(C1CCCCC1)C1CCCCC1. The van der Waals surface area contributed by atoms with Gasteiger partial charge in [0.2, 0.25) is 0 Å². The minimum atomic E-state index is -0.201. The summed E-state index contributed by atoms with van der Waals surface area (Å²) < 4.78 is 5.20. The predicted octanol–water partition coefficient (Wildman–Crippen LogP) is 3.08. The summed E-state index contributed by atoms with van der Waals surface area (Å²) in [5, 5.41) is 8.82. The van der Waals surface area contributed by atoms with Crippen LogP contribution in [0.4, 0.5) is 4.79 Å². The Kier molecular flexibility index (Phi) is 5.95. The van der Waals surface area contributed by atoms with Crippen LogP contribution >= 0.6 is 0 Å². The molecule has 0 aliphatic heterocycles. The zero-order valence-electron chi connectivity index (χ0n) is 11.9. The Morgan fingerprint density at radius 1 is 0.947 bits per heavy atom. The number of carbonyl (C=O) groups is 1. The fourth-order valence-corrected chi connectivity index (χ4v) is 3.52. The number of hydrogen-bond donors (Lipinski definition) is 1. The molecule has 0 aromatic rings. The van der Waals surface area contributed by atoms with Crippen LogP contribution < -0.4 is 0 Å². The Labute approximate surface area is 116 Å². The third kappa shape index (κ3) is 4.10. The van der Waals surface area contributed by atoms with Gasteiger partial charge in [-0.2, -0.15) is 0 Å². The van der Waals surface area contributed by atoms with Gasteiger partial charge in [0.05, 0.1) is 6.61 Å². The first-order valence-corrected chi connectivity index (χ1v) is 7.89. The van der Waals surface area contributed by atoms with Crippen molar-refractivity contribution >= 4 is 6.09 Å². The highest BCUT2D eigenvalue weighted by Gasteiger charge is 2.33. The maximum Gasteiger partial charge on any atom is 0.410 e. The molecule has 0 radical (unpaired) electrons. The highest BCUT2D eigenvalue weighted by Crippen LogP contribution is 2.30. The van der Waals surface area contributed by atoms with Gasteiger partial charge in [-0.25, -0.2) is 4.79 Å². The maximum atomic E-state index is 12.3. The molecule has 0 atom stereocenters. The van der Waals surface area contributed by atoms with Crippen LogP contribution in [0.3, 0.4) is 0 Å². The van der Waals surface area contributed by atoms with E-state index in [0.717, 1.165) is 25.7 Å². The van der Waals surface area contributed by atoms with Crippen molar-refractivity contribution in [2.75, 3.05) is 13.2 Å². The standard InChI is InChI=1S/C15H27NO3/c17-11-12-19-15(18)16(13-7-3-1-4-8-13)14-9-5-2-6-10-14/h13-14,17H,1-12H2. The van der Waals surface area contributed by atoms with E-state index in [-0.39, 0.29) is 19.3 Å². The molecule has 0 aromatic heterocycles. The summed E-state index contributed by atoms with van der Waals surface area (Å²) in [4.78, 5) is 14.3. The molecule has 2 rings (SSSR count). The molecule has 4 heteroatoms. The Morgan fingerprint density at radius 3 is 1.84 bits per heavy atom. The summed E-state index contributed by atoms with van der Waals surface area (Å²) in [6, 6.07) is 0.728. The first-order valence-electron chi connectivity index (χ1n) is 7.89. The second-order valence-electron chi connectivity index (χ2n) is 5.83. The average molecular weight is 269 g/mol. The molecule has 0 unspecified atom stereocenters. The number of aliphatic hydroxyl groups is 1. The van der Waals surface area contributed by atoms with Gasteiger partial charge >= 0.3 is 6.09 Å². The van der Waals surface area contributed by atoms with Gasteiger partial charge < -0.3 is 14.7 Å². The Hall–Kier alpha value is -0.770. The minimum Gasteiger partial charge on any atom is -0.447 e. The average Bonchev–Trinajstić information content (AvgIpc) is 2.47. The normalized spacial score (nSPS) is 22.2. The van der Waals surface area contributed by atoms with Crippen LogP contribution in [-0.2, 0) is 4.74 Å². The second kappa shape index (κ2) is 7.73. The summed E-state index contributed by atoms with van der Waals surface area (Å²) in [5.74, 6) is 0. The molecule has 0 aromatic carbocycles. The fraction of sp³-hybridized carbons (Fsp3) is 0.933. The maximum absolute atomic E-state index is 12.3. The fourth-order valence-electron chi connectivity index (χ4n) is 3.52. The molecule has 0 saturated heterocycles. The van der Waals surface area contributed by atoms with Gasteiger partial charge in [-0.3, -0.25) is 0 Å². The van der Waals surface area contributed by atoms with Gasteiger partial charge in [0.15, 0.2) is 0 Å². The van der Waals surface area contributed by atoms with Gasteiger partial charge in [-0.15, -0.1) is 0 Å². The van der Waals surface area contributed by atoms with E-state index in [1.54, 1.807) is 0 Å². The molecule has 110 valence electrons. The van der Waals surface area contributed by atoms with Crippen LogP contribution in [0.15, 0.2) is 0 Å². The third-order valence-electron chi connectivity index (χ3n) is 4.46. The van der Waals surface area contributed by atoms with Gasteiger partial charge in [0.25, 0.3) is 0 Å². The molecular formula is C15H27NO3. The molecule has 0 spiro atoms. The largest absolute Gasteiger partial charge is 0.447 e. The van der Waals surface area contributed by atoms with Crippen molar-refractivity contribution < 1.29 is 14.6 Å². The van der Waals surface area contributed by atoms with Crippen molar-refractivity contribution in [3.63, 3.8) is 0 Å². The quantitative estimate of drug-likeness (QED) is 0.853. The van der Waals surface area contributed by atoms with Crippen molar-refractivity contribution in [1.82, 2.24) is 4.90 Å². The number of rotatable bonds is 4. The molecule has 0 bridgehead atoms. The first kappa shape index (κ1) is 14.6. The summed E-state index contributed by atoms with van der Waals surface area (Å²) in [5.41, 5.74) is 0. The molecule has 4 nitrogen and oxygen atoms in total. The molecule has 2 saturated carbocycles. The summed E-state index contributed by atoms with van der Waals surface area (Å²) in [6.45, 7) is 0.0314. The van der Waals surface area contributed by atoms with Crippen molar-refractivity contribution in [3.05, 3.63) is 0 Å². The zero-order chi connectivity index (χ0) is 13.5. The van der Waals surface area contributed by atoms with Crippen LogP contribution in [-0.4, -0.2) is 41.4 Å². The van der Waals surface area contributed by atoms with Crippen molar-refractivity contribution in [1.29, 1.82) is 0 Å². The van der Waals surface area contributed by atoms with Gasteiger partial charge in [-0.1, -0.05) is 38.5 Å². The number of amides is 1. The molecule has 1 amide bonds. The van der Waals surface area contributed by atoms with E-state index in [1.165, 1.54) is 38.5 Å². The molecule has 0 heterocycles. The smallest absolute Gasteiger partial charge is 0.410 e. The lowest BCUT2D eigenvalue weighted by Gasteiger charge is -2.40. The monoisotopic (exact) mass is 269 g/mol. The Balaban J connectivity index is 1.99. The summed E-state index contributed by atoms with van der Waals surface area (Å²) >= 11 is 0. The van der Waals surface area contributed by atoms with E-state index in [9.17, 15) is 4.79 Å². The second-order valence-corrected chi connectivity index (χ2v) is 5.83. The molecule has 2 aliphatic rings. The van der Waals surface area contributed by atoms with Crippen LogP contribution in [0.1, 0.15) is 64.2 Å². The van der Waals surface area contributed by atoms with E-state index in [4.69, 9.17) is 9.84 Å². The number of ether oxygens (including phenoxy) is 1. The van der Waals surface area contributed by atoms with Crippen LogP contribution in [0, 0.1) is 0 Å². The number of nitrogens with zero attached hydrogens (tertiary/aromatic N) is 1. The lowest BCUT2D eigenvalue weighted by Crippen LogP contribution is -2.49. The Bertz CT molecular complexity index is 253. The molecule has 1 N–H and O–H groups in total. The lowest BCUT2D eigenvalue weighted by molar-refractivity contribution is 0.0372. The van der Waals surface area contributed by atoms with Crippen molar-refractivity contribution in [2.45, 2.75) is 76.3 Å². The van der Waals surface area contributed by atoms with E-state index >= 15 is 0 Å². The van der Waals surface area contributed by atoms with E-state index < -0.39 is 0 Å². The lowest BCUT2D eigenvalue weighted by atomic mass is 9.89. The highest BCUT2D eigenvalue weighted by atomic mass is 16.6. The van der Waals surface area contributed by atoms with E-state index in [1.807, 2.05) is 4.90 Å². The third-order valence-corrected chi connectivity index (χ3v) is 4.46. The highest BCUT2D eigenvalue weighted by molar-refractivity contribution is 5.68. The van der Waals surface area contributed by atoms with Crippen LogP contribution in [0.5, 0.6) is 0 Å². The molecule has 2 aliphatic carbocycles. The van der Waals surface area contributed by atoms with Crippen molar-refractivity contribution in [3.8, 4) is 0 Å². The van der Waals surface area contributed by atoms with E-state index in [2.05, 4.69) is 0 Å². The first-order chi connectivity index (χ1) is 9.33. The van der Waals surface area contributed by atoms with Gasteiger partial charge in [0.1, 0.15) is 6.61 Å². The van der Waals surface area contributed by atoms with Crippen molar-refractivity contribution in [2.24, 2.45) is 0 Å². The molecule has 2 fully saturated rings.